The minimum Gasteiger partial charge on any atom is -0.343 e. The molecule has 2 aliphatic heterocycles. The Morgan fingerprint density at radius 2 is 1.61 bits per heavy atom. The Hall–Kier alpha value is -1.16. The van der Waals surface area contributed by atoms with Gasteiger partial charge in [-0.2, -0.15) is 5.26 Å². The third kappa shape index (κ3) is 4.97. The Morgan fingerprint density at radius 3 is 2.25 bits per heavy atom. The third-order valence-electron chi connectivity index (χ3n) is 11.8. The molecule has 0 aromatic carbocycles. The quantitative estimate of drug-likeness (QED) is 0.595. The molecule has 0 aromatic rings. The molecule has 3 saturated carbocycles. The molecule has 6 unspecified atom stereocenters. The van der Waals surface area contributed by atoms with Gasteiger partial charge in [0, 0.05) is 51.7 Å². The van der Waals surface area contributed by atoms with Crippen molar-refractivity contribution in [1.82, 2.24) is 20.7 Å². The summed E-state index contributed by atoms with van der Waals surface area (Å²) in [6.07, 6.45) is 14.0. The second-order valence-corrected chi connectivity index (χ2v) is 13.8. The highest BCUT2D eigenvalue weighted by molar-refractivity contribution is 5.73. The van der Waals surface area contributed by atoms with Gasteiger partial charge in [0.1, 0.15) is 0 Å². The number of carbonyl (C=O) groups excluding carboxylic acids is 1. The summed E-state index contributed by atoms with van der Waals surface area (Å²) in [7, 11) is 4.27. The second-order valence-electron chi connectivity index (χ2n) is 13.8. The number of carbonyl (C=O) groups is 1. The predicted molar refractivity (Wildman–Crippen MR) is 144 cm³/mol. The van der Waals surface area contributed by atoms with Crippen LogP contribution in [0.3, 0.4) is 0 Å². The first-order valence-corrected chi connectivity index (χ1v) is 15.1. The molecule has 2 heterocycles. The lowest BCUT2D eigenvalue weighted by atomic mass is 9.59. The predicted octanol–water partition coefficient (Wildman–Crippen LogP) is 4.57. The number of hydrogen-bond donors (Lipinski definition) is 2. The SMILES string of the molecule is CC(=O)N(C)C1CCC(C2CCC3NCC4C(C3C2)C(C2CCC(C(C)(C)C#N)CC2)NN4C)CC1. The maximum atomic E-state index is 11.9. The van der Waals surface area contributed by atoms with Crippen LogP contribution in [0, 0.1) is 52.3 Å². The standard InChI is InChI=1S/C30H51N5O/c1-19(36)34(4)24-13-8-20(9-14-24)22-10-15-26-25(16-22)28-27(17-32-26)35(5)33-29(28)21-6-11-23(12-7-21)30(2,3)18-31/h20-29,32-33H,6-17H2,1-5H3. The first kappa shape index (κ1) is 26.4. The average molecular weight is 498 g/mol. The average Bonchev–Trinajstić information content (AvgIpc) is 3.24. The number of amides is 1. The molecule has 2 saturated heterocycles. The van der Waals surface area contributed by atoms with E-state index in [1.54, 1.807) is 6.92 Å². The molecule has 5 fully saturated rings. The van der Waals surface area contributed by atoms with E-state index in [4.69, 9.17) is 0 Å². The van der Waals surface area contributed by atoms with Gasteiger partial charge in [-0.1, -0.05) is 0 Å². The molecule has 6 heteroatoms. The third-order valence-corrected chi connectivity index (χ3v) is 11.8. The highest BCUT2D eigenvalue weighted by Gasteiger charge is 2.53. The minimum atomic E-state index is -0.192. The lowest BCUT2D eigenvalue weighted by Crippen LogP contribution is -2.58. The molecule has 5 aliphatic rings. The first-order chi connectivity index (χ1) is 17.2. The van der Waals surface area contributed by atoms with Crippen LogP contribution in [-0.4, -0.2) is 60.6 Å². The Labute approximate surface area is 219 Å². The summed E-state index contributed by atoms with van der Waals surface area (Å²) in [5.74, 6) is 4.72. The number of nitriles is 1. The van der Waals surface area contributed by atoms with E-state index in [1.165, 1.54) is 70.6 Å². The fourth-order valence-corrected chi connectivity index (χ4v) is 9.29. The number of hydrazine groups is 1. The van der Waals surface area contributed by atoms with E-state index in [1.807, 2.05) is 11.9 Å². The number of nitrogens with zero attached hydrogens (tertiary/aromatic N) is 3. The van der Waals surface area contributed by atoms with Gasteiger partial charge in [0.05, 0.1) is 11.5 Å². The summed E-state index contributed by atoms with van der Waals surface area (Å²) in [6, 6.07) is 4.92. The van der Waals surface area contributed by atoms with Gasteiger partial charge in [-0.25, -0.2) is 5.01 Å². The van der Waals surface area contributed by atoms with Gasteiger partial charge in [0.2, 0.25) is 5.91 Å². The molecule has 1 amide bonds. The smallest absolute Gasteiger partial charge is 0.219 e. The Balaban J connectivity index is 1.24. The van der Waals surface area contributed by atoms with Crippen LogP contribution in [0.2, 0.25) is 0 Å². The molecule has 5 rings (SSSR count). The minimum absolute atomic E-state index is 0.192. The monoisotopic (exact) mass is 497 g/mol. The van der Waals surface area contributed by atoms with E-state index in [9.17, 15) is 10.1 Å². The zero-order chi connectivity index (χ0) is 25.6. The Morgan fingerprint density at radius 1 is 0.972 bits per heavy atom. The van der Waals surface area contributed by atoms with E-state index < -0.39 is 0 Å². The van der Waals surface area contributed by atoms with Crippen molar-refractivity contribution in [3.63, 3.8) is 0 Å². The fraction of sp³-hybridized carbons (Fsp3) is 0.933. The van der Waals surface area contributed by atoms with Crippen LogP contribution in [0.5, 0.6) is 0 Å². The van der Waals surface area contributed by atoms with Crippen molar-refractivity contribution in [2.75, 3.05) is 20.6 Å². The topological polar surface area (TPSA) is 71.4 Å². The molecular weight excluding hydrogens is 446 g/mol. The molecular formula is C30H51N5O. The second kappa shape index (κ2) is 10.5. The van der Waals surface area contributed by atoms with Gasteiger partial charge >= 0.3 is 0 Å². The van der Waals surface area contributed by atoms with Crippen LogP contribution in [-0.2, 0) is 4.79 Å². The van der Waals surface area contributed by atoms with E-state index >= 15 is 0 Å². The summed E-state index contributed by atoms with van der Waals surface area (Å²) in [5, 5.41) is 16.1. The lowest BCUT2D eigenvalue weighted by molar-refractivity contribution is -0.130. The van der Waals surface area contributed by atoms with E-state index in [-0.39, 0.29) is 11.3 Å². The normalized spacial score (nSPS) is 43.8. The van der Waals surface area contributed by atoms with Gasteiger partial charge in [-0.05, 0) is 120 Å². The molecule has 202 valence electrons. The van der Waals surface area contributed by atoms with Crippen molar-refractivity contribution in [1.29, 1.82) is 5.26 Å². The molecule has 0 radical (unpaired) electrons. The number of rotatable bonds is 4. The summed E-state index contributed by atoms with van der Waals surface area (Å²) in [5.41, 5.74) is 3.79. The molecule has 0 aromatic heterocycles. The molecule has 2 N–H and O–H groups in total. The zero-order valence-electron chi connectivity index (χ0n) is 23.5. The van der Waals surface area contributed by atoms with Crippen molar-refractivity contribution < 1.29 is 4.79 Å². The van der Waals surface area contributed by atoms with Gasteiger partial charge in [-0.3, -0.25) is 10.2 Å². The van der Waals surface area contributed by atoms with Crippen molar-refractivity contribution in [3.05, 3.63) is 0 Å². The lowest BCUT2D eigenvalue weighted by Gasteiger charge is -2.50. The van der Waals surface area contributed by atoms with Gasteiger partial charge < -0.3 is 10.2 Å². The number of nitrogens with one attached hydrogen (secondary N) is 2. The maximum Gasteiger partial charge on any atom is 0.219 e. The molecule has 36 heavy (non-hydrogen) atoms. The van der Waals surface area contributed by atoms with Gasteiger partial charge in [0.15, 0.2) is 0 Å². The number of fused-ring (bicyclic) bond motifs is 3. The Kier molecular flexibility index (Phi) is 7.74. The van der Waals surface area contributed by atoms with Crippen molar-refractivity contribution in [3.8, 4) is 6.07 Å². The summed E-state index contributed by atoms with van der Waals surface area (Å²) in [4.78, 5) is 13.8. The molecule has 0 bridgehead atoms. The van der Waals surface area contributed by atoms with Crippen LogP contribution >= 0.6 is 0 Å². The summed E-state index contributed by atoms with van der Waals surface area (Å²) >= 11 is 0. The highest BCUT2D eigenvalue weighted by atomic mass is 16.2. The van der Waals surface area contributed by atoms with Gasteiger partial charge in [-0.15, -0.1) is 0 Å². The highest BCUT2D eigenvalue weighted by Crippen LogP contribution is 2.50. The first-order valence-electron chi connectivity index (χ1n) is 15.1. The number of hydrogen-bond acceptors (Lipinski definition) is 5. The summed E-state index contributed by atoms with van der Waals surface area (Å²) in [6.45, 7) is 7.11. The zero-order valence-corrected chi connectivity index (χ0v) is 23.5. The molecule has 6 atom stereocenters. The Bertz CT molecular complexity index is 822. The van der Waals surface area contributed by atoms with E-state index in [0.717, 1.165) is 36.1 Å². The van der Waals surface area contributed by atoms with Crippen molar-refractivity contribution in [2.24, 2.45) is 40.9 Å². The fourth-order valence-electron chi connectivity index (χ4n) is 9.29. The van der Waals surface area contributed by atoms with Crippen LogP contribution in [0.25, 0.3) is 0 Å². The van der Waals surface area contributed by atoms with Crippen molar-refractivity contribution in [2.45, 2.75) is 116 Å². The van der Waals surface area contributed by atoms with Crippen LogP contribution in [0.4, 0.5) is 0 Å². The van der Waals surface area contributed by atoms with Crippen LogP contribution < -0.4 is 10.7 Å². The molecule has 3 aliphatic carbocycles. The number of piperidine rings is 1. The molecule has 0 spiro atoms. The molecule has 6 nitrogen and oxygen atoms in total. The van der Waals surface area contributed by atoms with E-state index in [2.05, 4.69) is 42.7 Å². The van der Waals surface area contributed by atoms with Crippen LogP contribution in [0.15, 0.2) is 0 Å². The summed E-state index contributed by atoms with van der Waals surface area (Å²) < 4.78 is 0. The van der Waals surface area contributed by atoms with Crippen LogP contribution in [0.1, 0.15) is 91.4 Å². The van der Waals surface area contributed by atoms with E-state index in [0.29, 0.717) is 30.1 Å². The maximum absolute atomic E-state index is 11.9. The van der Waals surface area contributed by atoms with Gasteiger partial charge in [0.25, 0.3) is 0 Å². The van der Waals surface area contributed by atoms with Crippen molar-refractivity contribution >= 4 is 5.91 Å². The number of likely N-dealkylation sites (N-methyl/N-ethyl adjacent to an activating group) is 1. The largest absolute Gasteiger partial charge is 0.343 e.